The number of hydrogen-bond donors (Lipinski definition) is 0. The average molecular weight is 741 g/mol. The van der Waals surface area contributed by atoms with Gasteiger partial charge in [-0.05, 0) is 90.4 Å². The summed E-state index contributed by atoms with van der Waals surface area (Å²) in [6.45, 7) is 20.1. The lowest BCUT2D eigenvalue weighted by atomic mass is 9.90. The van der Waals surface area contributed by atoms with Crippen LogP contribution in [-0.2, 0) is 34.9 Å². The number of para-hydroxylation sites is 1. The van der Waals surface area contributed by atoms with E-state index >= 15 is 0 Å². The molecule has 0 amide bonds. The highest BCUT2D eigenvalue weighted by atomic mass is 32.2. The van der Waals surface area contributed by atoms with Gasteiger partial charge in [0.15, 0.2) is 15.0 Å². The van der Waals surface area contributed by atoms with E-state index in [0.29, 0.717) is 11.4 Å². The van der Waals surface area contributed by atoms with E-state index in [1.165, 1.54) is 16.7 Å². The SMILES string of the molecule is CCOC(=O)c1c(C(C#N)CC(CO[Si](C)(C)C(C)(C)C)OS(=O)(=O)c2ccc(C)cc2)c(C(=O)OC(C)(C)C)c(C)n1COc1ccccc1. The Kier molecular flexibility index (Phi) is 13.5. The summed E-state index contributed by atoms with van der Waals surface area (Å²) in [4.78, 5) is 27.7. The van der Waals surface area contributed by atoms with Crippen LogP contribution in [0.15, 0.2) is 59.5 Å². The van der Waals surface area contributed by atoms with Crippen molar-refractivity contribution in [3.8, 4) is 11.8 Å². The Morgan fingerprint density at radius 2 is 1.55 bits per heavy atom. The molecule has 0 fully saturated rings. The second-order valence-electron chi connectivity index (χ2n) is 14.9. The number of aromatic nitrogens is 1. The minimum Gasteiger partial charge on any atom is -0.473 e. The van der Waals surface area contributed by atoms with E-state index in [0.717, 1.165) is 5.56 Å². The third-order valence-corrected chi connectivity index (χ3v) is 14.6. The van der Waals surface area contributed by atoms with E-state index in [4.69, 9.17) is 22.8 Å². The van der Waals surface area contributed by atoms with Crippen LogP contribution in [0.3, 0.4) is 0 Å². The van der Waals surface area contributed by atoms with Gasteiger partial charge in [-0.1, -0.05) is 56.7 Å². The van der Waals surface area contributed by atoms with Crippen LogP contribution >= 0.6 is 0 Å². The van der Waals surface area contributed by atoms with E-state index in [2.05, 4.69) is 26.8 Å². The first-order valence-corrected chi connectivity index (χ1v) is 21.3. The summed E-state index contributed by atoms with van der Waals surface area (Å²) in [5, 5.41) is 10.6. The Hall–Kier alpha value is -3.96. The van der Waals surface area contributed by atoms with Gasteiger partial charge in [-0.25, -0.2) is 9.59 Å². The highest BCUT2D eigenvalue weighted by molar-refractivity contribution is 7.86. The van der Waals surface area contributed by atoms with Gasteiger partial charge in [0.1, 0.15) is 23.1 Å². The van der Waals surface area contributed by atoms with E-state index in [1.807, 2.05) is 26.1 Å². The molecular formula is C38H52N2O9SSi. The van der Waals surface area contributed by atoms with Crippen molar-refractivity contribution >= 4 is 30.4 Å². The molecule has 0 aliphatic rings. The van der Waals surface area contributed by atoms with Crippen LogP contribution in [0.4, 0.5) is 0 Å². The summed E-state index contributed by atoms with van der Waals surface area (Å²) >= 11 is 0. The molecule has 2 aromatic carbocycles. The number of rotatable bonds is 15. The molecule has 0 saturated heterocycles. The quantitative estimate of drug-likeness (QED) is 0.0853. The number of aryl methyl sites for hydroxylation is 1. The van der Waals surface area contributed by atoms with Gasteiger partial charge in [0, 0.05) is 11.3 Å². The number of ether oxygens (including phenoxy) is 3. The minimum absolute atomic E-state index is 0.0124. The Morgan fingerprint density at radius 3 is 2.08 bits per heavy atom. The van der Waals surface area contributed by atoms with Crippen molar-refractivity contribution in [3.63, 3.8) is 0 Å². The van der Waals surface area contributed by atoms with Crippen LogP contribution < -0.4 is 4.74 Å². The van der Waals surface area contributed by atoms with Gasteiger partial charge in [0.25, 0.3) is 10.1 Å². The molecule has 0 aliphatic heterocycles. The molecule has 0 aliphatic carbocycles. The zero-order chi connectivity index (χ0) is 38.4. The van der Waals surface area contributed by atoms with Crippen molar-refractivity contribution in [3.05, 3.63) is 82.7 Å². The predicted molar refractivity (Wildman–Crippen MR) is 197 cm³/mol. The smallest absolute Gasteiger partial charge is 0.355 e. The standard InChI is InChI=1S/C38H52N2O9SSi/c1-12-45-36(42)34-33(32(35(41)48-37(4,5)6)27(3)40(34)25-46-29-16-14-13-15-17-29)28(23-39)22-30(24-47-51(10,11)38(7,8)9)49-50(43,44)31-20-18-26(2)19-21-31/h13-21,28,30H,12,22,24-25H2,1-11H3. The first kappa shape index (κ1) is 41.5. The normalized spacial score (nSPS) is 13.6. The lowest BCUT2D eigenvalue weighted by molar-refractivity contribution is 0.00665. The minimum atomic E-state index is -4.33. The fraction of sp³-hybridized carbons (Fsp3) is 0.500. The monoisotopic (exact) mass is 740 g/mol. The van der Waals surface area contributed by atoms with E-state index in [1.54, 1.807) is 71.0 Å². The topological polar surface area (TPSA) is 143 Å². The predicted octanol–water partition coefficient (Wildman–Crippen LogP) is 8.07. The van der Waals surface area contributed by atoms with Gasteiger partial charge in [0.05, 0.1) is 35.7 Å². The van der Waals surface area contributed by atoms with E-state index < -0.39 is 48.0 Å². The number of hydrogen-bond acceptors (Lipinski definition) is 10. The van der Waals surface area contributed by atoms with E-state index in [9.17, 15) is 23.3 Å². The lowest BCUT2D eigenvalue weighted by Crippen LogP contribution is -2.43. The van der Waals surface area contributed by atoms with Crippen molar-refractivity contribution in [1.29, 1.82) is 5.26 Å². The maximum absolute atomic E-state index is 14.0. The van der Waals surface area contributed by atoms with Crippen LogP contribution in [-0.4, -0.2) is 58.2 Å². The number of carbonyl (C=O) groups is 2. The molecule has 1 heterocycles. The molecule has 11 nitrogen and oxygen atoms in total. The molecule has 0 N–H and O–H groups in total. The summed E-state index contributed by atoms with van der Waals surface area (Å²) < 4.78 is 58.3. The fourth-order valence-corrected chi connectivity index (χ4v) is 7.12. The molecule has 0 bridgehead atoms. The summed E-state index contributed by atoms with van der Waals surface area (Å²) in [5.41, 5.74) is 0.202. The molecule has 278 valence electrons. The van der Waals surface area contributed by atoms with Gasteiger partial charge < -0.3 is 23.2 Å². The molecular weight excluding hydrogens is 689 g/mol. The second kappa shape index (κ2) is 16.6. The number of carbonyl (C=O) groups excluding carboxylic acids is 2. The Bertz CT molecular complexity index is 1820. The lowest BCUT2D eigenvalue weighted by Gasteiger charge is -2.37. The zero-order valence-electron chi connectivity index (χ0n) is 31.7. The third-order valence-electron chi connectivity index (χ3n) is 8.75. The molecule has 13 heteroatoms. The largest absolute Gasteiger partial charge is 0.473 e. The van der Waals surface area contributed by atoms with Gasteiger partial charge in [0.2, 0.25) is 0 Å². The summed E-state index contributed by atoms with van der Waals surface area (Å²) in [6.07, 6.45) is -1.43. The Morgan fingerprint density at radius 1 is 0.941 bits per heavy atom. The highest BCUT2D eigenvalue weighted by Gasteiger charge is 2.41. The molecule has 3 aromatic rings. The first-order chi connectivity index (χ1) is 23.6. The summed E-state index contributed by atoms with van der Waals surface area (Å²) in [6, 6.07) is 17.4. The maximum Gasteiger partial charge on any atom is 0.355 e. The van der Waals surface area contributed by atoms with Crippen molar-refractivity contribution in [2.24, 2.45) is 0 Å². The molecule has 2 atom stereocenters. The van der Waals surface area contributed by atoms with Crippen molar-refractivity contribution in [2.45, 2.75) is 116 Å². The summed E-state index contributed by atoms with van der Waals surface area (Å²) in [7, 11) is -6.77. The molecule has 51 heavy (non-hydrogen) atoms. The van der Waals surface area contributed by atoms with Gasteiger partial charge in [-0.2, -0.15) is 13.7 Å². The van der Waals surface area contributed by atoms with Crippen molar-refractivity contribution in [1.82, 2.24) is 4.57 Å². The molecule has 2 unspecified atom stereocenters. The van der Waals surface area contributed by atoms with Crippen LogP contribution in [0.5, 0.6) is 5.75 Å². The molecule has 0 radical (unpaired) electrons. The number of nitriles is 1. The van der Waals surface area contributed by atoms with Crippen LogP contribution in [0.2, 0.25) is 18.1 Å². The van der Waals surface area contributed by atoms with Crippen molar-refractivity contribution in [2.75, 3.05) is 13.2 Å². The molecule has 0 spiro atoms. The third kappa shape index (κ3) is 10.8. The van der Waals surface area contributed by atoms with Crippen molar-refractivity contribution < 1.29 is 40.8 Å². The first-order valence-electron chi connectivity index (χ1n) is 17.0. The number of nitrogens with zero attached hydrogens (tertiary/aromatic N) is 2. The van der Waals surface area contributed by atoms with Crippen LogP contribution in [0.1, 0.15) is 98.5 Å². The van der Waals surface area contributed by atoms with Gasteiger partial charge in [-0.3, -0.25) is 4.18 Å². The van der Waals surface area contributed by atoms with E-state index in [-0.39, 0.29) is 53.1 Å². The van der Waals surface area contributed by atoms with Crippen LogP contribution in [0, 0.1) is 25.2 Å². The molecule has 3 rings (SSSR count). The number of esters is 2. The highest BCUT2D eigenvalue weighted by Crippen LogP contribution is 2.39. The zero-order valence-corrected chi connectivity index (χ0v) is 33.5. The Labute approximate surface area is 304 Å². The molecule has 1 aromatic heterocycles. The Balaban J connectivity index is 2.23. The molecule has 0 saturated carbocycles. The summed E-state index contributed by atoms with van der Waals surface area (Å²) in [5.74, 6) is -2.29. The number of benzene rings is 2. The second-order valence-corrected chi connectivity index (χ2v) is 21.3. The van der Waals surface area contributed by atoms with Crippen LogP contribution in [0.25, 0.3) is 0 Å². The van der Waals surface area contributed by atoms with Gasteiger partial charge in [-0.15, -0.1) is 0 Å². The van der Waals surface area contributed by atoms with Gasteiger partial charge >= 0.3 is 11.9 Å². The average Bonchev–Trinajstić information content (AvgIpc) is 3.32. The maximum atomic E-state index is 14.0. The fourth-order valence-electron chi connectivity index (χ4n) is 5.01.